The smallest absolute Gasteiger partial charge is 0.154 e. The molecule has 1 aromatic heterocycles. The summed E-state index contributed by atoms with van der Waals surface area (Å²) < 4.78 is 0. The van der Waals surface area contributed by atoms with Gasteiger partial charge in [-0.15, -0.1) is 0 Å². The molecule has 1 aromatic rings. The molecule has 0 aliphatic carbocycles. The van der Waals surface area contributed by atoms with Crippen molar-refractivity contribution in [3.63, 3.8) is 0 Å². The van der Waals surface area contributed by atoms with Gasteiger partial charge in [-0.2, -0.15) is 5.26 Å². The zero-order chi connectivity index (χ0) is 10.4. The van der Waals surface area contributed by atoms with Crippen LogP contribution in [0.15, 0.2) is 24.5 Å². The Balaban J connectivity index is 2.84. The topological polar surface area (TPSA) is 53.8 Å². The van der Waals surface area contributed by atoms with Crippen LogP contribution in [-0.2, 0) is 4.79 Å². The fourth-order valence-electron chi connectivity index (χ4n) is 1.28. The maximum Gasteiger partial charge on any atom is 0.154 e. The average Bonchev–Trinajstić information content (AvgIpc) is 2.21. The predicted octanol–water partition coefficient (Wildman–Crippen LogP) is 2.06. The summed E-state index contributed by atoms with van der Waals surface area (Å²) in [6.07, 6.45) is 4.43. The number of nitrogens with zero attached hydrogens (tertiary/aromatic N) is 2. The van der Waals surface area contributed by atoms with Gasteiger partial charge in [0.1, 0.15) is 5.92 Å². The minimum absolute atomic E-state index is 0.0128. The van der Waals surface area contributed by atoms with Gasteiger partial charge in [-0.25, -0.2) is 0 Å². The van der Waals surface area contributed by atoms with E-state index in [2.05, 4.69) is 4.98 Å². The van der Waals surface area contributed by atoms with Crippen molar-refractivity contribution >= 4 is 5.78 Å². The normalized spacial score (nSPS) is 11.7. The van der Waals surface area contributed by atoms with Gasteiger partial charge in [0.25, 0.3) is 0 Å². The molecule has 0 fully saturated rings. The monoisotopic (exact) mass is 188 g/mol. The number of hydrogen-bond donors (Lipinski definition) is 0. The summed E-state index contributed by atoms with van der Waals surface area (Å²) in [6.45, 7) is 1.93. The van der Waals surface area contributed by atoms with Crippen LogP contribution < -0.4 is 0 Å². The molecule has 0 saturated heterocycles. The number of carbonyl (C=O) groups excluding carboxylic acids is 1. The molecule has 0 N–H and O–H groups in total. The molecule has 0 radical (unpaired) electrons. The second-order valence-corrected chi connectivity index (χ2v) is 3.06. The van der Waals surface area contributed by atoms with Gasteiger partial charge >= 0.3 is 0 Å². The highest BCUT2D eigenvalue weighted by atomic mass is 16.1. The molecule has 3 heteroatoms. The number of hydrogen-bond acceptors (Lipinski definition) is 3. The Bertz CT molecular complexity index is 340. The SMILES string of the molecule is CCCC(=O)C(C#N)c1ccncc1. The number of nitriles is 1. The molecule has 0 aliphatic rings. The van der Waals surface area contributed by atoms with Crippen molar-refractivity contribution in [1.82, 2.24) is 4.98 Å². The zero-order valence-corrected chi connectivity index (χ0v) is 8.10. The summed E-state index contributed by atoms with van der Waals surface area (Å²) in [7, 11) is 0. The fraction of sp³-hybridized carbons (Fsp3) is 0.364. The molecule has 1 unspecified atom stereocenters. The zero-order valence-electron chi connectivity index (χ0n) is 8.10. The Kier molecular flexibility index (Phi) is 3.81. The van der Waals surface area contributed by atoms with Crippen LogP contribution in [0.2, 0.25) is 0 Å². The molecular weight excluding hydrogens is 176 g/mol. The molecule has 1 atom stereocenters. The molecule has 72 valence electrons. The molecule has 1 rings (SSSR count). The first kappa shape index (κ1) is 10.4. The van der Waals surface area contributed by atoms with Crippen molar-refractivity contribution in [3.05, 3.63) is 30.1 Å². The minimum Gasteiger partial charge on any atom is -0.298 e. The Labute approximate surface area is 83.4 Å². The summed E-state index contributed by atoms with van der Waals surface area (Å²) in [5, 5.41) is 8.89. The van der Waals surface area contributed by atoms with Gasteiger partial charge in [-0.05, 0) is 24.1 Å². The number of rotatable bonds is 4. The highest BCUT2D eigenvalue weighted by Crippen LogP contribution is 2.16. The van der Waals surface area contributed by atoms with E-state index >= 15 is 0 Å². The van der Waals surface area contributed by atoms with E-state index in [1.807, 2.05) is 13.0 Å². The van der Waals surface area contributed by atoms with Crippen molar-refractivity contribution in [2.24, 2.45) is 0 Å². The Morgan fingerprint density at radius 2 is 2.21 bits per heavy atom. The van der Waals surface area contributed by atoms with Gasteiger partial charge in [0.05, 0.1) is 6.07 Å². The average molecular weight is 188 g/mol. The lowest BCUT2D eigenvalue weighted by molar-refractivity contribution is -0.119. The van der Waals surface area contributed by atoms with E-state index in [1.54, 1.807) is 24.5 Å². The first-order chi connectivity index (χ1) is 6.79. The molecule has 0 aromatic carbocycles. The standard InChI is InChI=1S/C11H12N2O/c1-2-3-11(14)10(8-12)9-4-6-13-7-5-9/h4-7,10H,2-3H2,1H3. The Morgan fingerprint density at radius 3 is 2.71 bits per heavy atom. The van der Waals surface area contributed by atoms with Gasteiger partial charge in [0.2, 0.25) is 0 Å². The van der Waals surface area contributed by atoms with Gasteiger partial charge in [0, 0.05) is 18.8 Å². The van der Waals surface area contributed by atoms with Crippen LogP contribution in [0.3, 0.4) is 0 Å². The summed E-state index contributed by atoms with van der Waals surface area (Å²) in [5.74, 6) is -0.640. The van der Waals surface area contributed by atoms with Gasteiger partial charge < -0.3 is 0 Å². The number of carbonyl (C=O) groups is 1. The molecule has 14 heavy (non-hydrogen) atoms. The summed E-state index contributed by atoms with van der Waals surface area (Å²) in [4.78, 5) is 15.4. The quantitative estimate of drug-likeness (QED) is 0.726. The number of Topliss-reactive ketones (excluding diaryl/α,β-unsaturated/α-hetero) is 1. The summed E-state index contributed by atoms with van der Waals surface area (Å²) in [6, 6.07) is 5.45. The van der Waals surface area contributed by atoms with Crippen molar-refractivity contribution in [2.75, 3.05) is 0 Å². The maximum absolute atomic E-state index is 11.5. The third-order valence-electron chi connectivity index (χ3n) is 1.99. The van der Waals surface area contributed by atoms with Gasteiger partial charge in [0.15, 0.2) is 5.78 Å². The predicted molar refractivity (Wildman–Crippen MR) is 52.5 cm³/mol. The Morgan fingerprint density at radius 1 is 1.57 bits per heavy atom. The number of ketones is 1. The van der Waals surface area contributed by atoms with Gasteiger partial charge in [-0.1, -0.05) is 6.92 Å². The van der Waals surface area contributed by atoms with Crippen LogP contribution in [0.4, 0.5) is 0 Å². The Hall–Kier alpha value is -1.69. The number of aromatic nitrogens is 1. The molecule has 0 bridgehead atoms. The van der Waals surface area contributed by atoms with Crippen LogP contribution in [-0.4, -0.2) is 10.8 Å². The minimum atomic E-state index is -0.627. The lowest BCUT2D eigenvalue weighted by Crippen LogP contribution is -2.10. The maximum atomic E-state index is 11.5. The van der Waals surface area contributed by atoms with Crippen LogP contribution in [0.5, 0.6) is 0 Å². The molecule has 0 amide bonds. The van der Waals surface area contributed by atoms with Crippen LogP contribution in [0.1, 0.15) is 31.2 Å². The van der Waals surface area contributed by atoms with Crippen molar-refractivity contribution in [2.45, 2.75) is 25.7 Å². The molecule has 3 nitrogen and oxygen atoms in total. The number of pyridine rings is 1. The molecule has 0 spiro atoms. The highest BCUT2D eigenvalue weighted by Gasteiger charge is 2.18. The van der Waals surface area contributed by atoms with Crippen molar-refractivity contribution in [3.8, 4) is 6.07 Å². The second kappa shape index (κ2) is 5.13. The summed E-state index contributed by atoms with van der Waals surface area (Å²) >= 11 is 0. The van der Waals surface area contributed by atoms with Crippen LogP contribution in [0.25, 0.3) is 0 Å². The first-order valence-electron chi connectivity index (χ1n) is 4.61. The van der Waals surface area contributed by atoms with Crippen molar-refractivity contribution in [1.29, 1.82) is 5.26 Å². The van der Waals surface area contributed by atoms with E-state index in [0.717, 1.165) is 12.0 Å². The van der Waals surface area contributed by atoms with E-state index in [4.69, 9.17) is 5.26 Å². The van der Waals surface area contributed by atoms with Crippen LogP contribution >= 0.6 is 0 Å². The lowest BCUT2D eigenvalue weighted by Gasteiger charge is -2.06. The highest BCUT2D eigenvalue weighted by molar-refractivity contribution is 5.88. The fourth-order valence-corrected chi connectivity index (χ4v) is 1.28. The van der Waals surface area contributed by atoms with E-state index in [1.165, 1.54) is 0 Å². The lowest BCUT2D eigenvalue weighted by atomic mass is 9.95. The van der Waals surface area contributed by atoms with E-state index in [9.17, 15) is 4.79 Å². The molecule has 0 saturated carbocycles. The second-order valence-electron chi connectivity index (χ2n) is 3.06. The molecule has 1 heterocycles. The van der Waals surface area contributed by atoms with Crippen LogP contribution in [0, 0.1) is 11.3 Å². The van der Waals surface area contributed by atoms with Gasteiger partial charge in [-0.3, -0.25) is 9.78 Å². The first-order valence-corrected chi connectivity index (χ1v) is 4.61. The van der Waals surface area contributed by atoms with E-state index in [0.29, 0.717) is 6.42 Å². The van der Waals surface area contributed by atoms with Crippen molar-refractivity contribution < 1.29 is 4.79 Å². The molecular formula is C11H12N2O. The largest absolute Gasteiger partial charge is 0.298 e. The third kappa shape index (κ3) is 2.40. The third-order valence-corrected chi connectivity index (χ3v) is 1.99. The summed E-state index contributed by atoms with van der Waals surface area (Å²) in [5.41, 5.74) is 0.737. The van der Waals surface area contributed by atoms with E-state index in [-0.39, 0.29) is 5.78 Å². The van der Waals surface area contributed by atoms with E-state index < -0.39 is 5.92 Å². The molecule has 0 aliphatic heterocycles.